The van der Waals surface area contributed by atoms with Gasteiger partial charge in [0.2, 0.25) is 0 Å². The molecule has 4 rings (SSSR count). The van der Waals surface area contributed by atoms with Gasteiger partial charge in [-0.15, -0.1) is 0 Å². The summed E-state index contributed by atoms with van der Waals surface area (Å²) < 4.78 is 50.9. The van der Waals surface area contributed by atoms with E-state index < -0.39 is 24.2 Å². The van der Waals surface area contributed by atoms with E-state index in [9.17, 15) is 22.8 Å². The van der Waals surface area contributed by atoms with Gasteiger partial charge in [0.05, 0.1) is 11.1 Å². The largest absolute Gasteiger partial charge is 0.449 e. The van der Waals surface area contributed by atoms with Crippen LogP contribution in [0.2, 0.25) is 0 Å². The van der Waals surface area contributed by atoms with E-state index in [1.807, 2.05) is 19.1 Å². The van der Waals surface area contributed by atoms with Crippen molar-refractivity contribution >= 4 is 17.6 Å². The van der Waals surface area contributed by atoms with E-state index in [4.69, 9.17) is 9.47 Å². The highest BCUT2D eigenvalue weighted by Crippen LogP contribution is 2.29. The third-order valence-electron chi connectivity index (χ3n) is 9.62. The molecule has 1 aliphatic heterocycles. The molecule has 0 bridgehead atoms. The van der Waals surface area contributed by atoms with Gasteiger partial charge < -0.3 is 14.4 Å². The predicted octanol–water partition coefficient (Wildman–Crippen LogP) is 10.9. The summed E-state index contributed by atoms with van der Waals surface area (Å²) in [6.45, 7) is 9.45. The predicted molar refractivity (Wildman–Crippen MR) is 199 cm³/mol. The van der Waals surface area contributed by atoms with Crippen LogP contribution >= 0.6 is 0 Å². The zero-order chi connectivity index (χ0) is 36.5. The zero-order valence-corrected chi connectivity index (χ0v) is 30.4. The number of ether oxygens (including phenoxy) is 2. The van der Waals surface area contributed by atoms with Crippen LogP contribution in [-0.2, 0) is 4.74 Å². The fourth-order valence-electron chi connectivity index (χ4n) is 6.43. The highest BCUT2D eigenvalue weighted by molar-refractivity contribution is 5.92. The number of alkyl halides is 3. The van der Waals surface area contributed by atoms with Crippen LogP contribution < -0.4 is 9.64 Å². The van der Waals surface area contributed by atoms with Crippen molar-refractivity contribution in [2.24, 2.45) is 0 Å². The summed E-state index contributed by atoms with van der Waals surface area (Å²) in [5, 5.41) is 0. The second-order valence-electron chi connectivity index (χ2n) is 13.6. The maximum atomic E-state index is 13.5. The Morgan fingerprint density at radius 1 is 0.627 bits per heavy atom. The third kappa shape index (κ3) is 13.3. The van der Waals surface area contributed by atoms with E-state index in [1.54, 1.807) is 48.5 Å². The Morgan fingerprint density at radius 2 is 1.12 bits per heavy atom. The Kier molecular flexibility index (Phi) is 16.3. The molecular weight excluding hydrogens is 653 g/mol. The minimum Gasteiger partial charge on any atom is -0.449 e. The summed E-state index contributed by atoms with van der Waals surface area (Å²) in [4.78, 5) is 30.3. The fourth-order valence-corrected chi connectivity index (χ4v) is 6.43. The molecule has 1 aliphatic rings. The number of rotatable bonds is 20. The van der Waals surface area contributed by atoms with Gasteiger partial charge in [-0.05, 0) is 85.5 Å². The van der Waals surface area contributed by atoms with Crippen LogP contribution in [0.4, 0.5) is 18.9 Å². The number of carbonyl (C=O) groups excluding carboxylic acids is 2. The number of benzene rings is 3. The molecule has 0 aliphatic carbocycles. The van der Waals surface area contributed by atoms with E-state index in [-0.39, 0.29) is 12.0 Å². The number of carbonyl (C=O) groups is 2. The molecule has 9 heteroatoms. The second kappa shape index (κ2) is 20.9. The first-order chi connectivity index (χ1) is 24.7. The first-order valence-corrected chi connectivity index (χ1v) is 19.0. The zero-order valence-electron chi connectivity index (χ0n) is 30.4. The van der Waals surface area contributed by atoms with Crippen LogP contribution in [0.5, 0.6) is 5.75 Å². The quantitative estimate of drug-likeness (QED) is 0.0662. The smallest absolute Gasteiger partial charge is 0.425 e. The van der Waals surface area contributed by atoms with Gasteiger partial charge in [0.25, 0.3) is 0 Å². The molecule has 1 fully saturated rings. The standard InChI is InChI=1S/C42H55F3N2O4/c1-3-5-7-9-10-11-12-14-28-46-29-31-47(32-30-46)37-24-20-36(21-25-37)40(48)50-38-26-22-34(23-27-38)33-16-18-35(19-17-33)41(49)51-39(42(43,44)45)15-13-8-6-4-2/h16-27,39H,3-15,28-32H2,1-2H3/t39-/m1/s1. The van der Waals surface area contributed by atoms with Gasteiger partial charge in [0.15, 0.2) is 6.10 Å². The molecule has 0 aromatic heterocycles. The number of halogens is 3. The number of hydrogen-bond donors (Lipinski definition) is 0. The van der Waals surface area contributed by atoms with Gasteiger partial charge in [-0.3, -0.25) is 4.90 Å². The van der Waals surface area contributed by atoms with Crippen LogP contribution in [-0.4, -0.2) is 61.8 Å². The first-order valence-electron chi connectivity index (χ1n) is 19.0. The number of nitrogens with zero attached hydrogens (tertiary/aromatic N) is 2. The first kappa shape index (κ1) is 39.9. The molecule has 1 saturated heterocycles. The monoisotopic (exact) mass is 708 g/mol. The highest BCUT2D eigenvalue weighted by Gasteiger charge is 2.42. The molecule has 1 heterocycles. The maximum Gasteiger partial charge on any atom is 0.425 e. The molecule has 278 valence electrons. The molecule has 0 amide bonds. The van der Waals surface area contributed by atoms with Crippen molar-refractivity contribution < 1.29 is 32.2 Å². The highest BCUT2D eigenvalue weighted by atomic mass is 19.4. The molecule has 6 nitrogen and oxygen atoms in total. The Bertz CT molecular complexity index is 1450. The fraction of sp³-hybridized carbons (Fsp3) is 0.524. The summed E-state index contributed by atoms with van der Waals surface area (Å²) in [6, 6.07) is 20.7. The number of unbranched alkanes of at least 4 members (excludes halogenated alkanes) is 10. The lowest BCUT2D eigenvalue weighted by molar-refractivity contribution is -0.206. The molecule has 3 aromatic carbocycles. The molecule has 0 spiro atoms. The van der Waals surface area contributed by atoms with Gasteiger partial charge in [-0.2, -0.15) is 13.2 Å². The number of piperazine rings is 1. The van der Waals surface area contributed by atoms with Crippen LogP contribution in [0.25, 0.3) is 11.1 Å². The van der Waals surface area contributed by atoms with Crippen LogP contribution in [0.3, 0.4) is 0 Å². The van der Waals surface area contributed by atoms with Crippen LogP contribution in [0.1, 0.15) is 118 Å². The van der Waals surface area contributed by atoms with Gasteiger partial charge >= 0.3 is 18.1 Å². The SMILES string of the molecule is CCCCCCCCCCN1CCN(c2ccc(C(=O)Oc3ccc(-c4ccc(C(=O)O[C@H](CCCCCC)C(F)(F)F)cc4)cc3)cc2)CC1. The minimum atomic E-state index is -4.61. The van der Waals surface area contributed by atoms with E-state index >= 15 is 0 Å². The normalized spacial score (nSPS) is 14.3. The average molecular weight is 709 g/mol. The summed E-state index contributed by atoms with van der Waals surface area (Å²) in [5.74, 6) is -1.06. The molecule has 51 heavy (non-hydrogen) atoms. The molecule has 1 atom stereocenters. The van der Waals surface area contributed by atoms with Crippen molar-refractivity contribution in [3.63, 3.8) is 0 Å². The number of esters is 2. The second-order valence-corrected chi connectivity index (χ2v) is 13.6. The summed E-state index contributed by atoms with van der Waals surface area (Å²) in [5.41, 5.74) is 3.16. The lowest BCUT2D eigenvalue weighted by Gasteiger charge is -2.36. The molecular formula is C42H55F3N2O4. The number of hydrogen-bond acceptors (Lipinski definition) is 6. The van der Waals surface area contributed by atoms with E-state index in [2.05, 4.69) is 16.7 Å². The van der Waals surface area contributed by atoms with Crippen molar-refractivity contribution in [1.29, 1.82) is 0 Å². The van der Waals surface area contributed by atoms with Gasteiger partial charge in [0, 0.05) is 31.9 Å². The lowest BCUT2D eigenvalue weighted by Crippen LogP contribution is -2.46. The summed E-state index contributed by atoms with van der Waals surface area (Å²) in [6.07, 6.45) is 6.49. The molecule has 3 aromatic rings. The lowest BCUT2D eigenvalue weighted by atomic mass is 10.0. The topological polar surface area (TPSA) is 59.1 Å². The molecule has 0 unspecified atom stereocenters. The van der Waals surface area contributed by atoms with Gasteiger partial charge in [-0.25, -0.2) is 9.59 Å². The van der Waals surface area contributed by atoms with E-state index in [0.29, 0.717) is 24.2 Å². The average Bonchev–Trinajstić information content (AvgIpc) is 3.14. The Hall–Kier alpha value is -3.85. The Balaban J connectivity index is 1.20. The van der Waals surface area contributed by atoms with Crippen molar-refractivity contribution in [1.82, 2.24) is 4.90 Å². The molecule has 0 N–H and O–H groups in total. The van der Waals surface area contributed by atoms with Crippen molar-refractivity contribution in [2.45, 2.75) is 110 Å². The summed E-state index contributed by atoms with van der Waals surface area (Å²) >= 11 is 0. The maximum absolute atomic E-state index is 13.5. The van der Waals surface area contributed by atoms with E-state index in [0.717, 1.165) is 55.8 Å². The van der Waals surface area contributed by atoms with Crippen LogP contribution in [0.15, 0.2) is 72.8 Å². The van der Waals surface area contributed by atoms with Gasteiger partial charge in [-0.1, -0.05) is 102 Å². The summed E-state index contributed by atoms with van der Waals surface area (Å²) in [7, 11) is 0. The molecule has 0 radical (unpaired) electrons. The Labute approximate surface area is 302 Å². The van der Waals surface area contributed by atoms with Crippen molar-refractivity contribution in [3.8, 4) is 16.9 Å². The van der Waals surface area contributed by atoms with Crippen molar-refractivity contribution in [3.05, 3.63) is 83.9 Å². The minimum absolute atomic E-state index is 0.0504. The van der Waals surface area contributed by atoms with Crippen LogP contribution in [0, 0.1) is 0 Å². The van der Waals surface area contributed by atoms with Gasteiger partial charge in [0.1, 0.15) is 5.75 Å². The number of anilines is 1. The third-order valence-corrected chi connectivity index (χ3v) is 9.62. The van der Waals surface area contributed by atoms with Crippen molar-refractivity contribution in [2.75, 3.05) is 37.6 Å². The van der Waals surface area contributed by atoms with E-state index in [1.165, 1.54) is 70.0 Å². The Morgan fingerprint density at radius 3 is 1.69 bits per heavy atom. The molecule has 0 saturated carbocycles.